The molecule has 0 saturated heterocycles. The molecule has 0 aromatic heterocycles. The lowest BCUT2D eigenvalue weighted by Gasteiger charge is -2.24. The second-order valence-corrected chi connectivity index (χ2v) is 5.34. The van der Waals surface area contributed by atoms with Crippen LogP contribution in [0.2, 0.25) is 0 Å². The third-order valence-electron chi connectivity index (χ3n) is 2.97. The first-order chi connectivity index (χ1) is 8.31. The summed E-state index contributed by atoms with van der Waals surface area (Å²) in [7, 11) is 1.61. The summed E-state index contributed by atoms with van der Waals surface area (Å²) in [5, 5.41) is 9.14. The molecule has 0 spiro atoms. The van der Waals surface area contributed by atoms with E-state index in [1.807, 2.05) is 12.1 Å². The van der Waals surface area contributed by atoms with Crippen LogP contribution in [-0.4, -0.2) is 24.7 Å². The van der Waals surface area contributed by atoms with E-state index in [1.54, 1.807) is 13.2 Å². The Kier molecular flexibility index (Phi) is 4.35. The summed E-state index contributed by atoms with van der Waals surface area (Å²) in [6.07, 6.45) is 0. The summed E-state index contributed by atoms with van der Waals surface area (Å²) < 4.78 is 5.32. The zero-order valence-electron chi connectivity index (χ0n) is 11.4. The van der Waals surface area contributed by atoms with Crippen molar-refractivity contribution >= 4 is 5.97 Å². The second kappa shape index (κ2) is 5.40. The van der Waals surface area contributed by atoms with Gasteiger partial charge in [-0.2, -0.15) is 0 Å². The number of carboxylic acid groups (broad SMARTS) is 1. The highest BCUT2D eigenvalue weighted by Gasteiger charge is 2.23. The number of carboxylic acids is 1. The summed E-state index contributed by atoms with van der Waals surface area (Å²) >= 11 is 0. The molecule has 0 bridgehead atoms. The normalized spacial score (nSPS) is 13.2. The van der Waals surface area contributed by atoms with E-state index < -0.39 is 11.9 Å². The molecule has 0 aliphatic rings. The zero-order chi connectivity index (χ0) is 13.9. The van der Waals surface area contributed by atoms with E-state index in [-0.39, 0.29) is 12.0 Å². The highest BCUT2D eigenvalue weighted by molar-refractivity contribution is 5.76. The molecule has 1 aromatic carbocycles. The van der Waals surface area contributed by atoms with Crippen molar-refractivity contribution in [2.75, 3.05) is 13.7 Å². The van der Waals surface area contributed by atoms with Gasteiger partial charge in [-0.05, 0) is 22.6 Å². The average molecular weight is 251 g/mol. The minimum Gasteiger partial charge on any atom is -0.496 e. The van der Waals surface area contributed by atoms with Crippen LogP contribution < -0.4 is 10.5 Å². The van der Waals surface area contributed by atoms with Crippen LogP contribution in [0.3, 0.4) is 0 Å². The minimum absolute atomic E-state index is 0.0885. The van der Waals surface area contributed by atoms with E-state index in [0.29, 0.717) is 0 Å². The fourth-order valence-corrected chi connectivity index (χ4v) is 1.91. The molecule has 0 aliphatic carbocycles. The van der Waals surface area contributed by atoms with Crippen molar-refractivity contribution in [1.82, 2.24) is 0 Å². The number of carbonyl (C=O) groups is 1. The van der Waals surface area contributed by atoms with Gasteiger partial charge in [-0.25, -0.2) is 0 Å². The maximum Gasteiger partial charge on any atom is 0.312 e. The van der Waals surface area contributed by atoms with Gasteiger partial charge in [-0.3, -0.25) is 4.79 Å². The van der Waals surface area contributed by atoms with Gasteiger partial charge < -0.3 is 15.6 Å². The number of hydrogen-bond acceptors (Lipinski definition) is 3. The fraction of sp³-hybridized carbons (Fsp3) is 0.500. The summed E-state index contributed by atoms with van der Waals surface area (Å²) in [5.41, 5.74) is 7.12. The highest BCUT2D eigenvalue weighted by atomic mass is 16.5. The van der Waals surface area contributed by atoms with E-state index in [0.717, 1.165) is 16.9 Å². The third kappa shape index (κ3) is 3.01. The lowest BCUT2D eigenvalue weighted by atomic mass is 9.83. The van der Waals surface area contributed by atoms with E-state index >= 15 is 0 Å². The lowest BCUT2D eigenvalue weighted by Crippen LogP contribution is -2.22. The fourth-order valence-electron chi connectivity index (χ4n) is 1.91. The predicted molar refractivity (Wildman–Crippen MR) is 71.1 cm³/mol. The molecule has 0 fully saturated rings. The first-order valence-electron chi connectivity index (χ1n) is 5.92. The second-order valence-electron chi connectivity index (χ2n) is 5.34. The van der Waals surface area contributed by atoms with Gasteiger partial charge in [0.25, 0.3) is 0 Å². The van der Waals surface area contributed by atoms with Crippen LogP contribution in [0.1, 0.15) is 37.8 Å². The average Bonchev–Trinajstić information content (AvgIpc) is 2.28. The van der Waals surface area contributed by atoms with Crippen LogP contribution in [0.5, 0.6) is 5.75 Å². The van der Waals surface area contributed by atoms with Crippen molar-refractivity contribution in [1.29, 1.82) is 0 Å². The van der Waals surface area contributed by atoms with E-state index in [2.05, 4.69) is 20.8 Å². The summed E-state index contributed by atoms with van der Waals surface area (Å²) in [4.78, 5) is 11.1. The van der Waals surface area contributed by atoms with Crippen molar-refractivity contribution in [2.24, 2.45) is 5.73 Å². The molecule has 0 heterocycles. The lowest BCUT2D eigenvalue weighted by molar-refractivity contribution is -0.138. The van der Waals surface area contributed by atoms with Crippen molar-refractivity contribution in [2.45, 2.75) is 32.1 Å². The molecule has 0 saturated carbocycles. The Morgan fingerprint density at radius 2 is 2.06 bits per heavy atom. The summed E-state index contributed by atoms with van der Waals surface area (Å²) in [6, 6.07) is 5.45. The SMILES string of the molecule is COc1ccc(C(CN)C(=O)O)cc1C(C)(C)C. The van der Waals surface area contributed by atoms with Gasteiger partial charge in [0.2, 0.25) is 0 Å². The number of aliphatic carboxylic acids is 1. The van der Waals surface area contributed by atoms with Crippen LogP contribution in [0, 0.1) is 0 Å². The van der Waals surface area contributed by atoms with Crippen LogP contribution in [0.15, 0.2) is 18.2 Å². The topological polar surface area (TPSA) is 72.5 Å². The molecular weight excluding hydrogens is 230 g/mol. The van der Waals surface area contributed by atoms with Gasteiger partial charge in [-0.15, -0.1) is 0 Å². The Morgan fingerprint density at radius 3 is 2.44 bits per heavy atom. The molecule has 4 nitrogen and oxygen atoms in total. The Balaban J connectivity index is 3.30. The van der Waals surface area contributed by atoms with E-state index in [4.69, 9.17) is 15.6 Å². The quantitative estimate of drug-likeness (QED) is 0.859. The Morgan fingerprint density at radius 1 is 1.44 bits per heavy atom. The van der Waals surface area contributed by atoms with Crippen LogP contribution in [0.4, 0.5) is 0 Å². The largest absolute Gasteiger partial charge is 0.496 e. The molecule has 3 N–H and O–H groups in total. The standard InChI is InChI=1S/C14H21NO3/c1-14(2,3)11-7-9(5-6-12(11)18-4)10(8-15)13(16)17/h5-7,10H,8,15H2,1-4H3,(H,16,17). The van der Waals surface area contributed by atoms with Crippen LogP contribution in [-0.2, 0) is 10.2 Å². The third-order valence-corrected chi connectivity index (χ3v) is 2.97. The monoisotopic (exact) mass is 251 g/mol. The number of nitrogens with two attached hydrogens (primary N) is 1. The predicted octanol–water partition coefficient (Wildman–Crippen LogP) is 2.12. The molecule has 18 heavy (non-hydrogen) atoms. The number of methoxy groups -OCH3 is 1. The maximum absolute atomic E-state index is 11.1. The molecule has 0 amide bonds. The van der Waals surface area contributed by atoms with Gasteiger partial charge in [0.1, 0.15) is 5.75 Å². The minimum atomic E-state index is -0.900. The maximum atomic E-state index is 11.1. The smallest absolute Gasteiger partial charge is 0.312 e. The number of benzene rings is 1. The van der Waals surface area contributed by atoms with Crippen molar-refractivity contribution in [3.63, 3.8) is 0 Å². The van der Waals surface area contributed by atoms with Crippen molar-refractivity contribution < 1.29 is 14.6 Å². The first kappa shape index (κ1) is 14.5. The molecule has 1 unspecified atom stereocenters. The number of rotatable bonds is 4. The number of ether oxygens (including phenoxy) is 1. The van der Waals surface area contributed by atoms with Crippen LogP contribution >= 0.6 is 0 Å². The Hall–Kier alpha value is -1.55. The summed E-state index contributed by atoms with van der Waals surface area (Å²) in [6.45, 7) is 6.28. The van der Waals surface area contributed by atoms with Gasteiger partial charge in [0.05, 0.1) is 13.0 Å². The van der Waals surface area contributed by atoms with Gasteiger partial charge >= 0.3 is 5.97 Å². The molecule has 1 atom stereocenters. The van der Waals surface area contributed by atoms with E-state index in [9.17, 15) is 4.79 Å². The molecule has 1 rings (SSSR count). The molecule has 100 valence electrons. The molecule has 0 aliphatic heterocycles. The molecule has 4 heteroatoms. The van der Waals surface area contributed by atoms with Gasteiger partial charge in [-0.1, -0.05) is 32.9 Å². The van der Waals surface area contributed by atoms with Gasteiger partial charge in [0, 0.05) is 6.54 Å². The summed E-state index contributed by atoms with van der Waals surface area (Å²) in [5.74, 6) is -0.799. The Labute approximate surface area is 108 Å². The first-order valence-corrected chi connectivity index (χ1v) is 5.92. The highest BCUT2D eigenvalue weighted by Crippen LogP contribution is 2.33. The molecular formula is C14H21NO3. The molecule has 0 radical (unpaired) electrons. The van der Waals surface area contributed by atoms with Crippen LogP contribution in [0.25, 0.3) is 0 Å². The van der Waals surface area contributed by atoms with E-state index in [1.165, 1.54) is 0 Å². The Bertz CT molecular complexity index is 435. The molecule has 1 aromatic rings. The van der Waals surface area contributed by atoms with Crippen molar-refractivity contribution in [3.8, 4) is 5.75 Å². The van der Waals surface area contributed by atoms with Gasteiger partial charge in [0.15, 0.2) is 0 Å². The van der Waals surface area contributed by atoms with Crippen molar-refractivity contribution in [3.05, 3.63) is 29.3 Å². The number of hydrogen-bond donors (Lipinski definition) is 2. The zero-order valence-corrected chi connectivity index (χ0v) is 11.4.